The Morgan fingerprint density at radius 3 is 2.53 bits per heavy atom. The first-order valence-corrected chi connectivity index (χ1v) is 11.1. The second-order valence-electron chi connectivity index (χ2n) is 8.30. The van der Waals surface area contributed by atoms with Crippen LogP contribution in [0.25, 0.3) is 10.9 Å². The Balaban J connectivity index is 1.71. The van der Waals surface area contributed by atoms with Crippen molar-refractivity contribution in [2.75, 3.05) is 13.1 Å². The van der Waals surface area contributed by atoms with Crippen molar-refractivity contribution < 1.29 is 9.53 Å². The molecule has 1 aliphatic heterocycles. The number of nitrogens with one attached hydrogen (secondary N) is 1. The Bertz CT molecular complexity index is 1020. The molecule has 3 aromatic rings. The summed E-state index contributed by atoms with van der Waals surface area (Å²) in [6, 6.07) is 14.3. The number of para-hydroxylation sites is 1. The van der Waals surface area contributed by atoms with Gasteiger partial charge >= 0.3 is 0 Å². The lowest BCUT2D eigenvalue weighted by molar-refractivity contribution is -0.143. The predicted molar refractivity (Wildman–Crippen MR) is 122 cm³/mol. The molecule has 0 radical (unpaired) electrons. The third-order valence-corrected chi connectivity index (χ3v) is 6.27. The molecule has 3 atom stereocenters. The van der Waals surface area contributed by atoms with E-state index in [1.165, 1.54) is 10.9 Å². The summed E-state index contributed by atoms with van der Waals surface area (Å²) in [5.41, 5.74) is 4.71. The molecule has 0 spiro atoms. The monoisotopic (exact) mass is 424 g/mol. The number of aryl methyl sites for hydroxylation is 1. The number of nitrogens with zero attached hydrogens (tertiary/aromatic N) is 1. The van der Waals surface area contributed by atoms with Gasteiger partial charge < -0.3 is 14.6 Å². The van der Waals surface area contributed by atoms with Crippen molar-refractivity contribution in [3.8, 4) is 0 Å². The molecule has 30 heavy (non-hydrogen) atoms. The number of hydrogen-bond acceptors (Lipinski definition) is 2. The van der Waals surface area contributed by atoms with E-state index in [2.05, 4.69) is 36.3 Å². The van der Waals surface area contributed by atoms with Crippen LogP contribution < -0.4 is 0 Å². The van der Waals surface area contributed by atoms with Crippen molar-refractivity contribution in [2.45, 2.75) is 51.7 Å². The zero-order valence-corrected chi connectivity index (χ0v) is 18.6. The zero-order chi connectivity index (χ0) is 21.3. The van der Waals surface area contributed by atoms with Crippen molar-refractivity contribution in [1.29, 1.82) is 0 Å². The fraction of sp³-hybridized carbons (Fsp3) is 0.400. The van der Waals surface area contributed by atoms with E-state index in [1.54, 1.807) is 0 Å². The number of carbonyl (C=O) groups is 1. The Kier molecular flexibility index (Phi) is 6.16. The van der Waals surface area contributed by atoms with Gasteiger partial charge in [0.1, 0.15) is 0 Å². The van der Waals surface area contributed by atoms with Gasteiger partial charge in [-0.15, -0.1) is 0 Å². The third kappa shape index (κ3) is 4.26. The Labute approximate surface area is 183 Å². The van der Waals surface area contributed by atoms with Gasteiger partial charge in [0.15, 0.2) is 0 Å². The molecule has 4 nitrogen and oxygen atoms in total. The molecule has 5 heteroatoms. The SMILES string of the molecule is CCc1cccc2c(C(CC(=O)N3CC(C)OC(C)C3)c3ccc(Cl)cc3)c[nH]c12. The van der Waals surface area contributed by atoms with E-state index < -0.39 is 0 Å². The molecule has 1 amide bonds. The summed E-state index contributed by atoms with van der Waals surface area (Å²) in [6.45, 7) is 7.50. The fourth-order valence-corrected chi connectivity index (χ4v) is 4.74. The van der Waals surface area contributed by atoms with Gasteiger partial charge in [-0.1, -0.05) is 48.9 Å². The summed E-state index contributed by atoms with van der Waals surface area (Å²) >= 11 is 6.14. The number of aromatic amines is 1. The van der Waals surface area contributed by atoms with Crippen LogP contribution in [0.3, 0.4) is 0 Å². The van der Waals surface area contributed by atoms with Crippen LogP contribution in [0, 0.1) is 0 Å². The highest BCUT2D eigenvalue weighted by Gasteiger charge is 2.29. The number of carbonyl (C=O) groups excluding carboxylic acids is 1. The van der Waals surface area contributed by atoms with Crippen molar-refractivity contribution in [1.82, 2.24) is 9.88 Å². The number of amides is 1. The standard InChI is InChI=1S/C25H29ClN2O2/c1-4-18-6-5-7-21-23(13-27-25(18)21)22(19-8-10-20(26)11-9-19)12-24(29)28-14-16(2)30-17(3)15-28/h5-11,13,16-17,22,27H,4,12,14-15H2,1-3H3. The van der Waals surface area contributed by atoms with Crippen LogP contribution >= 0.6 is 11.6 Å². The van der Waals surface area contributed by atoms with E-state index in [0.717, 1.165) is 23.1 Å². The summed E-state index contributed by atoms with van der Waals surface area (Å²) < 4.78 is 5.81. The van der Waals surface area contributed by atoms with Gasteiger partial charge in [-0.05, 0) is 49.1 Å². The van der Waals surface area contributed by atoms with Gasteiger partial charge in [-0.25, -0.2) is 0 Å². The molecule has 2 aromatic carbocycles. The maximum atomic E-state index is 13.3. The van der Waals surface area contributed by atoms with E-state index in [1.807, 2.05) is 43.0 Å². The van der Waals surface area contributed by atoms with E-state index in [-0.39, 0.29) is 24.0 Å². The van der Waals surface area contributed by atoms with Gasteiger partial charge in [0, 0.05) is 47.6 Å². The van der Waals surface area contributed by atoms with Gasteiger partial charge in [0.2, 0.25) is 5.91 Å². The maximum Gasteiger partial charge on any atom is 0.223 e. The van der Waals surface area contributed by atoms with Crippen LogP contribution in [0.4, 0.5) is 0 Å². The molecule has 0 saturated carbocycles. The molecule has 1 saturated heterocycles. The number of hydrogen-bond donors (Lipinski definition) is 1. The summed E-state index contributed by atoms with van der Waals surface area (Å²) in [5.74, 6) is 0.127. The van der Waals surface area contributed by atoms with Crippen LogP contribution in [0.2, 0.25) is 5.02 Å². The summed E-state index contributed by atoms with van der Waals surface area (Å²) in [6.07, 6.45) is 3.58. The molecule has 3 unspecified atom stereocenters. The molecule has 1 aromatic heterocycles. The number of benzene rings is 2. The van der Waals surface area contributed by atoms with Crippen LogP contribution in [0.5, 0.6) is 0 Å². The number of H-pyrrole nitrogens is 1. The minimum absolute atomic E-state index is 0.0379. The number of halogens is 1. The molecule has 0 bridgehead atoms. The first-order chi connectivity index (χ1) is 14.5. The van der Waals surface area contributed by atoms with Crippen molar-refractivity contribution in [3.63, 3.8) is 0 Å². The highest BCUT2D eigenvalue weighted by molar-refractivity contribution is 6.30. The van der Waals surface area contributed by atoms with Crippen LogP contribution in [0.15, 0.2) is 48.7 Å². The smallest absolute Gasteiger partial charge is 0.223 e. The molecule has 4 rings (SSSR count). The van der Waals surface area contributed by atoms with Crippen LogP contribution in [0.1, 0.15) is 49.8 Å². The molecular weight excluding hydrogens is 396 g/mol. The molecule has 2 heterocycles. The molecule has 158 valence electrons. The fourth-order valence-electron chi connectivity index (χ4n) is 4.61. The zero-order valence-electron chi connectivity index (χ0n) is 17.8. The summed E-state index contributed by atoms with van der Waals surface area (Å²) in [7, 11) is 0. The van der Waals surface area contributed by atoms with E-state index in [4.69, 9.17) is 16.3 Å². The van der Waals surface area contributed by atoms with Gasteiger partial charge in [-0.3, -0.25) is 4.79 Å². The minimum atomic E-state index is -0.0379. The average Bonchev–Trinajstić information content (AvgIpc) is 3.16. The predicted octanol–water partition coefficient (Wildman–Crippen LogP) is 5.54. The summed E-state index contributed by atoms with van der Waals surface area (Å²) in [5, 5.41) is 1.89. The number of rotatable bonds is 5. The van der Waals surface area contributed by atoms with Crippen molar-refractivity contribution >= 4 is 28.4 Å². The van der Waals surface area contributed by atoms with E-state index in [9.17, 15) is 4.79 Å². The molecule has 1 aliphatic rings. The lowest BCUT2D eigenvalue weighted by Crippen LogP contribution is -2.48. The number of aromatic nitrogens is 1. The lowest BCUT2D eigenvalue weighted by Gasteiger charge is -2.36. The van der Waals surface area contributed by atoms with Crippen molar-refractivity contribution in [3.05, 3.63) is 70.4 Å². The van der Waals surface area contributed by atoms with Crippen LogP contribution in [-0.2, 0) is 16.0 Å². The largest absolute Gasteiger partial charge is 0.372 e. The number of ether oxygens (including phenoxy) is 1. The topological polar surface area (TPSA) is 45.3 Å². The van der Waals surface area contributed by atoms with Crippen molar-refractivity contribution in [2.24, 2.45) is 0 Å². The van der Waals surface area contributed by atoms with Crippen LogP contribution in [-0.4, -0.2) is 41.1 Å². The first-order valence-electron chi connectivity index (χ1n) is 10.7. The molecule has 1 N–H and O–H groups in total. The average molecular weight is 425 g/mol. The van der Waals surface area contributed by atoms with E-state index >= 15 is 0 Å². The third-order valence-electron chi connectivity index (χ3n) is 6.01. The van der Waals surface area contributed by atoms with Gasteiger partial charge in [-0.2, -0.15) is 0 Å². The molecular formula is C25H29ClN2O2. The molecule has 1 fully saturated rings. The highest BCUT2D eigenvalue weighted by Crippen LogP contribution is 2.35. The van der Waals surface area contributed by atoms with Gasteiger partial charge in [0.05, 0.1) is 12.2 Å². The van der Waals surface area contributed by atoms with E-state index in [0.29, 0.717) is 24.5 Å². The second-order valence-corrected chi connectivity index (χ2v) is 8.74. The second kappa shape index (κ2) is 8.83. The summed E-state index contributed by atoms with van der Waals surface area (Å²) in [4.78, 5) is 18.7. The Hall–Kier alpha value is -2.30. The van der Waals surface area contributed by atoms with Gasteiger partial charge in [0.25, 0.3) is 0 Å². The normalized spacial score (nSPS) is 20.5. The maximum absolute atomic E-state index is 13.3. The number of morpholine rings is 1. The molecule has 0 aliphatic carbocycles. The minimum Gasteiger partial charge on any atom is -0.372 e. The number of fused-ring (bicyclic) bond motifs is 1. The highest BCUT2D eigenvalue weighted by atomic mass is 35.5. The quantitative estimate of drug-likeness (QED) is 0.584. The Morgan fingerprint density at radius 2 is 1.87 bits per heavy atom. The lowest BCUT2D eigenvalue weighted by atomic mass is 9.87. The first kappa shape index (κ1) is 21.0. The Morgan fingerprint density at radius 1 is 1.17 bits per heavy atom.